The predicted octanol–water partition coefficient (Wildman–Crippen LogP) is 2.74. The fourth-order valence-corrected chi connectivity index (χ4v) is 3.65. The second-order valence-corrected chi connectivity index (χ2v) is 6.60. The van der Waals surface area contributed by atoms with Crippen molar-refractivity contribution in [2.45, 2.75) is 43.7 Å². The van der Waals surface area contributed by atoms with Crippen LogP contribution in [0.5, 0.6) is 0 Å². The Morgan fingerprint density at radius 1 is 1.45 bits per heavy atom. The van der Waals surface area contributed by atoms with Crippen molar-refractivity contribution in [3.8, 4) is 0 Å². The van der Waals surface area contributed by atoms with E-state index in [-0.39, 0.29) is 35.9 Å². The average molecular weight is 310 g/mol. The summed E-state index contributed by atoms with van der Waals surface area (Å²) >= 11 is -0.161. The van der Waals surface area contributed by atoms with Crippen LogP contribution in [-0.4, -0.2) is 40.2 Å². The molecule has 20 heavy (non-hydrogen) atoms. The molecule has 2 atom stereocenters. The highest BCUT2D eigenvalue weighted by Gasteiger charge is 2.53. The fourth-order valence-electron chi connectivity index (χ4n) is 3.14. The van der Waals surface area contributed by atoms with E-state index in [1.165, 1.54) is 4.90 Å². The molecule has 2 rings (SSSR count). The van der Waals surface area contributed by atoms with Crippen LogP contribution in [0.3, 0.4) is 0 Å². The molecule has 1 aliphatic heterocycles. The van der Waals surface area contributed by atoms with Gasteiger partial charge in [0.25, 0.3) is 5.91 Å². The Morgan fingerprint density at radius 3 is 2.75 bits per heavy atom. The highest BCUT2D eigenvalue weighted by atomic mass is 32.2. The van der Waals surface area contributed by atoms with Crippen LogP contribution >= 0.6 is 11.8 Å². The van der Waals surface area contributed by atoms with Gasteiger partial charge in [0.15, 0.2) is 0 Å². The lowest BCUT2D eigenvalue weighted by Gasteiger charge is -2.40. The van der Waals surface area contributed by atoms with Gasteiger partial charge in [-0.2, -0.15) is 13.2 Å². The number of hydrogen-bond donors (Lipinski definition) is 1. The van der Waals surface area contributed by atoms with Crippen LogP contribution in [0.2, 0.25) is 0 Å². The summed E-state index contributed by atoms with van der Waals surface area (Å²) in [5, 5.41) is 2.25. The molecule has 1 saturated heterocycles. The van der Waals surface area contributed by atoms with Gasteiger partial charge in [0.05, 0.1) is 0 Å². The van der Waals surface area contributed by atoms with Crippen molar-refractivity contribution in [1.82, 2.24) is 10.2 Å². The largest absolute Gasteiger partial charge is 0.441 e. The van der Waals surface area contributed by atoms with E-state index in [9.17, 15) is 22.8 Å². The maximum absolute atomic E-state index is 12.2. The van der Waals surface area contributed by atoms with Gasteiger partial charge in [0, 0.05) is 12.3 Å². The first-order valence-electron chi connectivity index (χ1n) is 6.58. The van der Waals surface area contributed by atoms with E-state index < -0.39 is 17.1 Å². The lowest BCUT2D eigenvalue weighted by molar-refractivity contribution is -0.128. The minimum absolute atomic E-state index is 0.0610. The van der Waals surface area contributed by atoms with E-state index in [0.717, 1.165) is 12.8 Å². The molecule has 1 saturated carbocycles. The Morgan fingerprint density at radius 2 is 2.15 bits per heavy atom. The van der Waals surface area contributed by atoms with Crippen LogP contribution in [-0.2, 0) is 4.79 Å². The average Bonchev–Trinajstić information content (AvgIpc) is 2.52. The van der Waals surface area contributed by atoms with Crippen molar-refractivity contribution in [2.75, 3.05) is 12.3 Å². The van der Waals surface area contributed by atoms with Crippen LogP contribution in [0.1, 0.15) is 32.6 Å². The molecule has 114 valence electrons. The molecule has 1 N–H and O–H groups in total. The first-order valence-corrected chi connectivity index (χ1v) is 7.57. The summed E-state index contributed by atoms with van der Waals surface area (Å²) in [4.78, 5) is 25.2. The smallest absolute Gasteiger partial charge is 0.309 e. The number of alkyl halides is 3. The van der Waals surface area contributed by atoms with Gasteiger partial charge in [-0.05, 0) is 30.5 Å². The molecule has 2 fully saturated rings. The second kappa shape index (κ2) is 5.46. The van der Waals surface area contributed by atoms with Crippen LogP contribution in [0.15, 0.2) is 0 Å². The van der Waals surface area contributed by atoms with Gasteiger partial charge in [-0.15, -0.1) is 0 Å². The Balaban J connectivity index is 2.08. The predicted molar refractivity (Wildman–Crippen MR) is 69.1 cm³/mol. The molecule has 2 unspecified atom stereocenters. The summed E-state index contributed by atoms with van der Waals surface area (Å²) in [7, 11) is 0. The van der Waals surface area contributed by atoms with E-state index in [1.54, 1.807) is 0 Å². The Bertz CT molecular complexity index is 416. The van der Waals surface area contributed by atoms with Gasteiger partial charge in [0.2, 0.25) is 0 Å². The number of carbonyl (C=O) groups is 2. The zero-order valence-corrected chi connectivity index (χ0v) is 11.9. The minimum Gasteiger partial charge on any atom is -0.309 e. The molecule has 0 radical (unpaired) electrons. The number of hydrogen-bond acceptors (Lipinski definition) is 3. The Labute approximate surface area is 119 Å². The van der Waals surface area contributed by atoms with Crippen molar-refractivity contribution >= 4 is 23.7 Å². The van der Waals surface area contributed by atoms with Gasteiger partial charge in [-0.1, -0.05) is 19.8 Å². The maximum Gasteiger partial charge on any atom is 0.441 e. The first-order chi connectivity index (χ1) is 9.24. The number of amides is 3. The maximum atomic E-state index is 12.2. The molecule has 2 aliphatic rings. The van der Waals surface area contributed by atoms with E-state index in [1.807, 2.05) is 6.92 Å². The Hall–Kier alpha value is -0.920. The summed E-state index contributed by atoms with van der Waals surface area (Å²) in [5.41, 5.74) is -5.24. The van der Waals surface area contributed by atoms with Crippen molar-refractivity contribution in [3.63, 3.8) is 0 Å². The number of rotatable bonds is 3. The van der Waals surface area contributed by atoms with Crippen LogP contribution < -0.4 is 5.32 Å². The fraction of sp³-hybridized carbons (Fsp3) is 0.833. The highest BCUT2D eigenvalue weighted by molar-refractivity contribution is 8.00. The van der Waals surface area contributed by atoms with Gasteiger partial charge in [-0.25, -0.2) is 4.79 Å². The number of nitrogens with one attached hydrogen (secondary N) is 1. The highest BCUT2D eigenvalue weighted by Crippen LogP contribution is 2.40. The van der Waals surface area contributed by atoms with E-state index in [0.29, 0.717) is 12.8 Å². The van der Waals surface area contributed by atoms with Crippen molar-refractivity contribution in [1.29, 1.82) is 0 Å². The van der Waals surface area contributed by atoms with Gasteiger partial charge >= 0.3 is 11.5 Å². The third kappa shape index (κ3) is 3.05. The van der Waals surface area contributed by atoms with Gasteiger partial charge < -0.3 is 4.90 Å². The monoisotopic (exact) mass is 310 g/mol. The first kappa shape index (κ1) is 15.5. The van der Waals surface area contributed by atoms with E-state index in [2.05, 4.69) is 5.32 Å². The number of urea groups is 1. The summed E-state index contributed by atoms with van der Waals surface area (Å²) in [5.74, 6) is -0.315. The van der Waals surface area contributed by atoms with Crippen LogP contribution in [0, 0.1) is 5.92 Å². The molecule has 0 aromatic carbocycles. The second-order valence-electron chi connectivity index (χ2n) is 5.44. The lowest BCUT2D eigenvalue weighted by Crippen LogP contribution is -2.53. The number of thioether (sulfide) groups is 1. The molecule has 0 aromatic heterocycles. The lowest BCUT2D eigenvalue weighted by atomic mass is 9.75. The van der Waals surface area contributed by atoms with Crippen LogP contribution in [0.25, 0.3) is 0 Å². The zero-order valence-electron chi connectivity index (χ0n) is 11.1. The standard InChI is InChI=1S/C12H17F3N2O2S/c1-8-3-2-4-11(7-8)9(18)16-10(19)17(11)5-6-20-12(13,14)15/h8H,2-7H2,1H3,(H,16,18,19). The summed E-state index contributed by atoms with van der Waals surface area (Å²) in [6.45, 7) is 1.94. The molecule has 1 aliphatic carbocycles. The quantitative estimate of drug-likeness (QED) is 0.816. The number of imide groups is 1. The molecular weight excluding hydrogens is 293 g/mol. The summed E-state index contributed by atoms with van der Waals surface area (Å²) < 4.78 is 36.5. The van der Waals surface area contributed by atoms with Crippen LogP contribution in [0.4, 0.5) is 18.0 Å². The minimum atomic E-state index is -4.31. The molecule has 1 heterocycles. The number of nitrogens with zero attached hydrogens (tertiary/aromatic N) is 1. The molecule has 0 bridgehead atoms. The zero-order chi connectivity index (χ0) is 15.0. The molecule has 0 aromatic rings. The third-order valence-electron chi connectivity index (χ3n) is 3.96. The van der Waals surface area contributed by atoms with E-state index >= 15 is 0 Å². The topological polar surface area (TPSA) is 49.4 Å². The molecule has 3 amide bonds. The SMILES string of the molecule is CC1CCCC2(C1)C(=O)NC(=O)N2CCSC(F)(F)F. The van der Waals surface area contributed by atoms with Gasteiger partial charge in [0.1, 0.15) is 5.54 Å². The van der Waals surface area contributed by atoms with Crippen molar-refractivity contribution in [3.05, 3.63) is 0 Å². The molecule has 4 nitrogen and oxygen atoms in total. The molecule has 8 heteroatoms. The number of halogens is 3. The third-order valence-corrected chi connectivity index (χ3v) is 4.67. The normalized spacial score (nSPS) is 31.0. The molecular formula is C12H17F3N2O2S. The van der Waals surface area contributed by atoms with Crippen molar-refractivity contribution in [2.24, 2.45) is 5.92 Å². The van der Waals surface area contributed by atoms with Gasteiger partial charge in [-0.3, -0.25) is 10.1 Å². The molecule has 1 spiro atoms. The summed E-state index contributed by atoms with van der Waals surface area (Å²) in [6.07, 6.45) is 2.85. The Kier molecular flexibility index (Phi) is 4.22. The van der Waals surface area contributed by atoms with Crippen molar-refractivity contribution < 1.29 is 22.8 Å². The summed E-state index contributed by atoms with van der Waals surface area (Å²) in [6, 6.07) is -0.563. The van der Waals surface area contributed by atoms with E-state index in [4.69, 9.17) is 0 Å². The number of carbonyl (C=O) groups excluding carboxylic acids is 2.